The number of rotatable bonds is 1. The summed E-state index contributed by atoms with van der Waals surface area (Å²) in [6.07, 6.45) is 5.58. The van der Waals surface area contributed by atoms with Gasteiger partial charge in [0, 0.05) is 29.6 Å². The van der Waals surface area contributed by atoms with Crippen molar-refractivity contribution in [1.29, 1.82) is 0 Å². The third-order valence-corrected chi connectivity index (χ3v) is 0.329. The Morgan fingerprint density at radius 1 is 1.50 bits per heavy atom. The van der Waals surface area contributed by atoms with Crippen molar-refractivity contribution >= 4 is 29.6 Å². The summed E-state index contributed by atoms with van der Waals surface area (Å²) in [6, 6.07) is 0. The molecule has 1 heteroatoms. The van der Waals surface area contributed by atoms with Gasteiger partial charge < -0.3 is 0 Å². The molecule has 0 spiro atoms. The minimum Gasteiger partial charge on any atom is -0.0991 e. The van der Waals surface area contributed by atoms with Crippen molar-refractivity contribution in [2.24, 2.45) is 0 Å². The molecular weight excluding hydrogens is 83.0 g/mol. The SMILES string of the molecule is C=CC=CC.[Na]. The van der Waals surface area contributed by atoms with Crippen molar-refractivity contribution in [1.82, 2.24) is 0 Å². The molecule has 0 atom stereocenters. The van der Waals surface area contributed by atoms with Crippen molar-refractivity contribution in [3.05, 3.63) is 24.8 Å². The zero-order chi connectivity index (χ0) is 4.12. The van der Waals surface area contributed by atoms with E-state index >= 15 is 0 Å². The van der Waals surface area contributed by atoms with E-state index < -0.39 is 0 Å². The molecule has 6 heavy (non-hydrogen) atoms. The summed E-state index contributed by atoms with van der Waals surface area (Å²) in [5.41, 5.74) is 0. The largest absolute Gasteiger partial charge is 0.0991 e. The molecule has 0 aliphatic carbocycles. The molecule has 0 amide bonds. The second-order valence-electron chi connectivity index (χ2n) is 0.761. The topological polar surface area (TPSA) is 0 Å². The Morgan fingerprint density at radius 3 is 2.00 bits per heavy atom. The first-order valence-corrected chi connectivity index (χ1v) is 1.65. The second-order valence-corrected chi connectivity index (χ2v) is 0.761. The normalized spacial score (nSPS) is 7.50. The average molecular weight is 91.1 g/mol. The molecule has 0 heterocycles. The summed E-state index contributed by atoms with van der Waals surface area (Å²) >= 11 is 0. The van der Waals surface area contributed by atoms with Crippen molar-refractivity contribution < 1.29 is 0 Å². The van der Waals surface area contributed by atoms with Crippen molar-refractivity contribution in [2.45, 2.75) is 6.92 Å². The van der Waals surface area contributed by atoms with Crippen LogP contribution in [0.3, 0.4) is 0 Å². The van der Waals surface area contributed by atoms with Gasteiger partial charge in [-0.25, -0.2) is 0 Å². The van der Waals surface area contributed by atoms with Gasteiger partial charge in [-0.2, -0.15) is 0 Å². The molecule has 0 aliphatic rings. The van der Waals surface area contributed by atoms with Crippen molar-refractivity contribution in [3.8, 4) is 0 Å². The van der Waals surface area contributed by atoms with Crippen LogP contribution in [0.5, 0.6) is 0 Å². The van der Waals surface area contributed by atoms with Crippen LogP contribution in [0.4, 0.5) is 0 Å². The van der Waals surface area contributed by atoms with E-state index in [9.17, 15) is 0 Å². The fraction of sp³-hybridized carbons (Fsp3) is 0.200. The summed E-state index contributed by atoms with van der Waals surface area (Å²) in [5, 5.41) is 0. The Labute approximate surface area is 61.2 Å². The first-order chi connectivity index (χ1) is 2.41. The summed E-state index contributed by atoms with van der Waals surface area (Å²) < 4.78 is 0. The van der Waals surface area contributed by atoms with E-state index in [1.165, 1.54) is 0 Å². The van der Waals surface area contributed by atoms with Gasteiger partial charge >= 0.3 is 0 Å². The Bertz CT molecular complexity index is 45.9. The first-order valence-electron chi connectivity index (χ1n) is 1.65. The fourth-order valence-corrected chi connectivity index (χ4v) is 0.136. The van der Waals surface area contributed by atoms with E-state index in [1.54, 1.807) is 6.08 Å². The van der Waals surface area contributed by atoms with Crippen LogP contribution < -0.4 is 0 Å². The van der Waals surface area contributed by atoms with Crippen LogP contribution in [0.1, 0.15) is 6.92 Å². The standard InChI is InChI=1S/C5H8.Na/c1-3-5-4-2;/h3-5H,1H2,2H3;. The predicted molar refractivity (Wildman–Crippen MR) is 30.8 cm³/mol. The van der Waals surface area contributed by atoms with Crippen molar-refractivity contribution in [2.75, 3.05) is 0 Å². The first kappa shape index (κ1) is 9.70. The fourth-order valence-electron chi connectivity index (χ4n) is 0.136. The minimum absolute atomic E-state index is 0. The van der Waals surface area contributed by atoms with E-state index in [0.717, 1.165) is 0 Å². The van der Waals surface area contributed by atoms with Gasteiger partial charge in [-0.15, -0.1) is 0 Å². The predicted octanol–water partition coefficient (Wildman–Crippen LogP) is 1.37. The molecule has 29 valence electrons. The molecule has 0 aromatic heterocycles. The molecule has 0 saturated heterocycles. The molecule has 0 aromatic carbocycles. The van der Waals surface area contributed by atoms with Crippen LogP contribution >= 0.6 is 0 Å². The van der Waals surface area contributed by atoms with Gasteiger partial charge in [0.1, 0.15) is 0 Å². The van der Waals surface area contributed by atoms with E-state index in [0.29, 0.717) is 0 Å². The van der Waals surface area contributed by atoms with Crippen LogP contribution in [0, 0.1) is 0 Å². The van der Waals surface area contributed by atoms with E-state index in [2.05, 4.69) is 6.58 Å². The number of hydrogen-bond donors (Lipinski definition) is 0. The third-order valence-electron chi connectivity index (χ3n) is 0.329. The van der Waals surface area contributed by atoms with Crippen LogP contribution in [-0.2, 0) is 0 Å². The molecule has 0 fully saturated rings. The van der Waals surface area contributed by atoms with Crippen LogP contribution in [0.15, 0.2) is 24.8 Å². The van der Waals surface area contributed by atoms with E-state index in [1.807, 2.05) is 19.1 Å². The van der Waals surface area contributed by atoms with Gasteiger partial charge in [0.25, 0.3) is 0 Å². The molecule has 0 aliphatic heterocycles. The second kappa shape index (κ2) is 9.08. The van der Waals surface area contributed by atoms with Gasteiger partial charge in [-0.3, -0.25) is 0 Å². The number of allylic oxidation sites excluding steroid dienone is 3. The van der Waals surface area contributed by atoms with Crippen LogP contribution in [0.2, 0.25) is 0 Å². The maximum Gasteiger partial charge on any atom is 0 e. The molecule has 0 bridgehead atoms. The zero-order valence-electron chi connectivity index (χ0n) is 4.44. The molecule has 0 unspecified atom stereocenters. The molecule has 0 N–H and O–H groups in total. The van der Waals surface area contributed by atoms with Crippen molar-refractivity contribution in [3.63, 3.8) is 0 Å². The summed E-state index contributed by atoms with van der Waals surface area (Å²) in [5.74, 6) is 0. The zero-order valence-corrected chi connectivity index (χ0v) is 6.44. The van der Waals surface area contributed by atoms with E-state index in [-0.39, 0.29) is 29.6 Å². The monoisotopic (exact) mass is 91.1 g/mol. The molecule has 1 radical (unpaired) electrons. The van der Waals surface area contributed by atoms with Gasteiger partial charge in [-0.05, 0) is 6.92 Å². The van der Waals surface area contributed by atoms with E-state index in [4.69, 9.17) is 0 Å². The molecule has 0 rings (SSSR count). The Kier molecular flexibility index (Phi) is 14.7. The van der Waals surface area contributed by atoms with Gasteiger partial charge in [0.2, 0.25) is 0 Å². The van der Waals surface area contributed by atoms with Gasteiger partial charge in [0.15, 0.2) is 0 Å². The van der Waals surface area contributed by atoms with Crippen LogP contribution in [-0.4, -0.2) is 29.6 Å². The summed E-state index contributed by atoms with van der Waals surface area (Å²) in [4.78, 5) is 0. The Morgan fingerprint density at radius 2 is 2.00 bits per heavy atom. The molecule has 0 saturated carbocycles. The Hall–Kier alpha value is 0.480. The molecule has 0 aromatic rings. The van der Waals surface area contributed by atoms with Crippen LogP contribution in [0.25, 0.3) is 0 Å². The average Bonchev–Trinajstić information content (AvgIpc) is 1.41. The quantitative estimate of drug-likeness (QED) is 0.337. The Balaban J connectivity index is 0. The van der Waals surface area contributed by atoms with Gasteiger partial charge in [-0.1, -0.05) is 24.8 Å². The maximum atomic E-state index is 3.46. The number of hydrogen-bond acceptors (Lipinski definition) is 0. The summed E-state index contributed by atoms with van der Waals surface area (Å²) in [7, 11) is 0. The minimum atomic E-state index is 0. The van der Waals surface area contributed by atoms with Gasteiger partial charge in [0.05, 0.1) is 0 Å². The smallest absolute Gasteiger partial charge is 0 e. The third kappa shape index (κ3) is 8.82. The molecular formula is C5H8Na. The molecule has 0 nitrogen and oxygen atoms in total. The maximum absolute atomic E-state index is 3.46. The summed E-state index contributed by atoms with van der Waals surface area (Å²) in [6.45, 7) is 5.42.